The van der Waals surface area contributed by atoms with Crippen LogP contribution < -0.4 is 9.47 Å². The van der Waals surface area contributed by atoms with E-state index >= 15 is 0 Å². The van der Waals surface area contributed by atoms with E-state index in [9.17, 15) is 14.3 Å². The Hall–Kier alpha value is -2.67. The molecular formula is C23H27FN2O4. The highest BCUT2D eigenvalue weighted by atomic mass is 19.1. The average Bonchev–Trinajstić information content (AvgIpc) is 3.11. The Morgan fingerprint density at radius 3 is 2.70 bits per heavy atom. The number of carbonyl (C=O) groups is 1. The summed E-state index contributed by atoms with van der Waals surface area (Å²) in [6.45, 7) is 4.92. The molecule has 1 N–H and O–H groups in total. The van der Waals surface area contributed by atoms with Crippen molar-refractivity contribution in [3.63, 3.8) is 0 Å². The first kappa shape index (κ1) is 20.6. The Balaban J connectivity index is 1.33. The van der Waals surface area contributed by atoms with Crippen molar-refractivity contribution in [1.29, 1.82) is 0 Å². The van der Waals surface area contributed by atoms with Crippen LogP contribution in [0.4, 0.5) is 4.39 Å². The molecule has 30 heavy (non-hydrogen) atoms. The molecule has 1 amide bonds. The molecule has 0 bridgehead atoms. The number of amides is 1. The van der Waals surface area contributed by atoms with Gasteiger partial charge in [-0.15, -0.1) is 0 Å². The van der Waals surface area contributed by atoms with Crippen LogP contribution in [-0.4, -0.2) is 52.8 Å². The molecule has 1 aliphatic carbocycles. The number of aliphatic hydroxyl groups excluding tert-OH is 1. The van der Waals surface area contributed by atoms with Crippen LogP contribution in [0.25, 0.3) is 0 Å². The third-order valence-corrected chi connectivity index (χ3v) is 6.05. The van der Waals surface area contributed by atoms with Gasteiger partial charge in [-0.2, -0.15) is 0 Å². The molecule has 7 heteroatoms. The van der Waals surface area contributed by atoms with Gasteiger partial charge in [-0.3, -0.25) is 9.78 Å². The van der Waals surface area contributed by atoms with Crippen molar-refractivity contribution in [2.45, 2.75) is 38.9 Å². The molecule has 2 aliphatic rings. The van der Waals surface area contributed by atoms with Crippen LogP contribution in [0.2, 0.25) is 0 Å². The lowest BCUT2D eigenvalue weighted by Crippen LogP contribution is -2.42. The minimum absolute atomic E-state index is 0.125. The van der Waals surface area contributed by atoms with Crippen molar-refractivity contribution in [2.75, 3.05) is 19.7 Å². The lowest BCUT2D eigenvalue weighted by molar-refractivity contribution is -0.132. The summed E-state index contributed by atoms with van der Waals surface area (Å²) in [4.78, 5) is 18.8. The van der Waals surface area contributed by atoms with Gasteiger partial charge in [0.2, 0.25) is 0 Å². The van der Waals surface area contributed by atoms with Crippen molar-refractivity contribution in [1.82, 2.24) is 9.88 Å². The molecule has 0 spiro atoms. The fourth-order valence-electron chi connectivity index (χ4n) is 4.48. The van der Waals surface area contributed by atoms with E-state index in [-0.39, 0.29) is 30.5 Å². The molecule has 2 heterocycles. The number of carbonyl (C=O) groups excluding carboxylic acids is 1. The van der Waals surface area contributed by atoms with Crippen LogP contribution in [-0.2, 0) is 4.79 Å². The number of hydrogen-bond acceptors (Lipinski definition) is 5. The summed E-state index contributed by atoms with van der Waals surface area (Å²) in [5, 5.41) is 10.6. The standard InChI is InChI=1S/C23H27FN2O4/c1-14-6-7-21(15(2)25-14)30-22-9-17-12-26(11-16(17)8-20(22)27)23(28)13-29-19-5-3-4-18(24)10-19/h3-7,10,16-17,20,22,27H,8-9,11-13H2,1-2H3/t16-,17+,20+,22+/m0/s1. The highest BCUT2D eigenvalue weighted by Crippen LogP contribution is 2.38. The van der Waals surface area contributed by atoms with Crippen molar-refractivity contribution in [3.05, 3.63) is 53.6 Å². The van der Waals surface area contributed by atoms with E-state index in [0.717, 1.165) is 11.4 Å². The summed E-state index contributed by atoms with van der Waals surface area (Å²) in [5.41, 5.74) is 1.73. The molecule has 2 aromatic rings. The quantitative estimate of drug-likeness (QED) is 0.815. The Labute approximate surface area is 175 Å². The molecule has 1 aromatic heterocycles. The largest absolute Gasteiger partial charge is 0.486 e. The lowest BCUT2D eigenvalue weighted by atomic mass is 9.78. The van der Waals surface area contributed by atoms with Crippen LogP contribution >= 0.6 is 0 Å². The third-order valence-electron chi connectivity index (χ3n) is 6.05. The van der Waals surface area contributed by atoms with E-state index in [1.165, 1.54) is 12.1 Å². The minimum Gasteiger partial charge on any atom is -0.486 e. The predicted octanol–water partition coefficient (Wildman–Crippen LogP) is 2.89. The van der Waals surface area contributed by atoms with Gasteiger partial charge in [-0.05, 0) is 62.8 Å². The number of benzene rings is 1. The topological polar surface area (TPSA) is 71.9 Å². The van der Waals surface area contributed by atoms with E-state index < -0.39 is 11.9 Å². The number of aryl methyl sites for hydroxylation is 2. The first-order valence-corrected chi connectivity index (χ1v) is 10.3. The highest BCUT2D eigenvalue weighted by Gasteiger charge is 2.44. The number of pyridine rings is 1. The normalized spacial score (nSPS) is 25.7. The Morgan fingerprint density at radius 1 is 1.20 bits per heavy atom. The van der Waals surface area contributed by atoms with Gasteiger partial charge < -0.3 is 19.5 Å². The predicted molar refractivity (Wildman–Crippen MR) is 109 cm³/mol. The minimum atomic E-state index is -0.578. The maximum Gasteiger partial charge on any atom is 0.260 e. The van der Waals surface area contributed by atoms with Gasteiger partial charge in [0.25, 0.3) is 5.91 Å². The molecule has 0 radical (unpaired) electrons. The molecule has 1 aliphatic heterocycles. The molecule has 1 aromatic carbocycles. The van der Waals surface area contributed by atoms with Gasteiger partial charge in [0.15, 0.2) is 6.61 Å². The second-order valence-corrected chi connectivity index (χ2v) is 8.30. The third kappa shape index (κ3) is 4.56. The van der Waals surface area contributed by atoms with Crippen LogP contribution in [0.5, 0.6) is 11.5 Å². The van der Waals surface area contributed by atoms with Crippen molar-refractivity contribution >= 4 is 5.91 Å². The van der Waals surface area contributed by atoms with Crippen LogP contribution in [0, 0.1) is 31.5 Å². The molecule has 4 rings (SSSR count). The summed E-state index contributed by atoms with van der Waals surface area (Å²) < 4.78 is 24.8. The zero-order valence-electron chi connectivity index (χ0n) is 17.3. The zero-order chi connectivity index (χ0) is 21.3. The number of aliphatic hydroxyl groups is 1. The molecule has 4 atom stereocenters. The van der Waals surface area contributed by atoms with Crippen LogP contribution in [0.1, 0.15) is 24.2 Å². The van der Waals surface area contributed by atoms with Gasteiger partial charge in [-0.1, -0.05) is 6.07 Å². The molecular weight excluding hydrogens is 387 g/mol. The number of halogens is 1. The van der Waals surface area contributed by atoms with Crippen LogP contribution in [0.3, 0.4) is 0 Å². The number of likely N-dealkylation sites (tertiary alicyclic amines) is 1. The summed E-state index contributed by atoms with van der Waals surface area (Å²) in [6, 6.07) is 9.56. The Morgan fingerprint density at radius 2 is 1.97 bits per heavy atom. The van der Waals surface area contributed by atoms with Gasteiger partial charge in [0.1, 0.15) is 23.4 Å². The number of hydrogen-bond donors (Lipinski definition) is 1. The van der Waals surface area contributed by atoms with Gasteiger partial charge in [-0.25, -0.2) is 4.39 Å². The van der Waals surface area contributed by atoms with Gasteiger partial charge in [0.05, 0.1) is 11.8 Å². The zero-order valence-corrected chi connectivity index (χ0v) is 17.3. The Bertz CT molecular complexity index is 922. The highest BCUT2D eigenvalue weighted by molar-refractivity contribution is 5.78. The molecule has 1 saturated carbocycles. The molecule has 1 saturated heterocycles. The lowest BCUT2D eigenvalue weighted by Gasteiger charge is -2.35. The first-order valence-electron chi connectivity index (χ1n) is 10.3. The summed E-state index contributed by atoms with van der Waals surface area (Å²) in [7, 11) is 0. The van der Waals surface area contributed by atoms with E-state index in [1.54, 1.807) is 17.0 Å². The average molecular weight is 414 g/mol. The second-order valence-electron chi connectivity index (χ2n) is 8.30. The second kappa shape index (κ2) is 8.60. The van der Waals surface area contributed by atoms with Crippen molar-refractivity contribution in [3.8, 4) is 11.5 Å². The van der Waals surface area contributed by atoms with E-state index in [4.69, 9.17) is 9.47 Å². The van der Waals surface area contributed by atoms with Crippen LogP contribution in [0.15, 0.2) is 36.4 Å². The summed E-state index contributed by atoms with van der Waals surface area (Å²) in [6.07, 6.45) is 0.397. The fourth-order valence-corrected chi connectivity index (χ4v) is 4.48. The maximum absolute atomic E-state index is 13.3. The molecule has 0 unspecified atom stereocenters. The number of aromatic nitrogens is 1. The number of fused-ring (bicyclic) bond motifs is 1. The van der Waals surface area contributed by atoms with E-state index in [0.29, 0.717) is 37.4 Å². The number of nitrogens with zero attached hydrogens (tertiary/aromatic N) is 2. The van der Waals surface area contributed by atoms with E-state index in [1.807, 2.05) is 26.0 Å². The fraction of sp³-hybridized carbons (Fsp3) is 0.478. The van der Waals surface area contributed by atoms with Crippen molar-refractivity contribution < 1.29 is 23.8 Å². The van der Waals surface area contributed by atoms with E-state index in [2.05, 4.69) is 4.98 Å². The number of ether oxygens (including phenoxy) is 2. The summed E-state index contributed by atoms with van der Waals surface area (Å²) >= 11 is 0. The monoisotopic (exact) mass is 414 g/mol. The van der Waals surface area contributed by atoms with Crippen molar-refractivity contribution in [2.24, 2.45) is 11.8 Å². The van der Waals surface area contributed by atoms with Gasteiger partial charge in [0, 0.05) is 24.8 Å². The molecule has 160 valence electrons. The van der Waals surface area contributed by atoms with Gasteiger partial charge >= 0.3 is 0 Å². The Kier molecular flexibility index (Phi) is 5.90. The first-order chi connectivity index (χ1) is 14.4. The molecule has 6 nitrogen and oxygen atoms in total. The SMILES string of the molecule is Cc1ccc(O[C@@H]2C[C@@H]3CN(C(=O)COc4cccc(F)c4)C[C@@H]3C[C@H]2O)c(C)n1. The summed E-state index contributed by atoms with van der Waals surface area (Å²) in [5.74, 6) is 1.03. The number of rotatable bonds is 5. The molecule has 2 fully saturated rings. The maximum atomic E-state index is 13.3. The smallest absolute Gasteiger partial charge is 0.260 e.